The van der Waals surface area contributed by atoms with Gasteiger partial charge in [0.15, 0.2) is 0 Å². The lowest BCUT2D eigenvalue weighted by molar-refractivity contribution is 0.602. The summed E-state index contributed by atoms with van der Waals surface area (Å²) in [6, 6.07) is 15.2. The third-order valence-corrected chi connectivity index (χ3v) is 3.62. The molecular weight excluding hydrogens is 251 g/mol. The summed E-state index contributed by atoms with van der Waals surface area (Å²) in [5, 5.41) is 1.20. The van der Waals surface area contributed by atoms with Crippen LogP contribution in [0.15, 0.2) is 54.7 Å². The van der Waals surface area contributed by atoms with Crippen LogP contribution in [0, 0.1) is 5.82 Å². The molecule has 0 aliphatic carbocycles. The van der Waals surface area contributed by atoms with Crippen molar-refractivity contribution in [1.29, 1.82) is 0 Å². The van der Waals surface area contributed by atoms with Crippen LogP contribution in [0.4, 0.5) is 4.39 Å². The summed E-state index contributed by atoms with van der Waals surface area (Å²) in [5.41, 5.74) is 8.72. The molecule has 0 saturated heterocycles. The molecule has 102 valence electrons. The predicted molar refractivity (Wildman–Crippen MR) is 80.2 cm³/mol. The van der Waals surface area contributed by atoms with Gasteiger partial charge in [0.05, 0.1) is 6.54 Å². The number of hydrogen-bond donors (Lipinski definition) is 1. The number of rotatable bonds is 4. The summed E-state index contributed by atoms with van der Waals surface area (Å²) in [6.07, 6.45) is 2.87. The van der Waals surface area contributed by atoms with Crippen LogP contribution >= 0.6 is 0 Å². The van der Waals surface area contributed by atoms with E-state index in [-0.39, 0.29) is 5.82 Å². The number of hydrogen-bond acceptors (Lipinski definition) is 1. The fraction of sp³-hybridized carbons (Fsp3) is 0.176. The van der Waals surface area contributed by atoms with Gasteiger partial charge in [-0.2, -0.15) is 0 Å². The largest absolute Gasteiger partial charge is 0.343 e. The zero-order valence-corrected chi connectivity index (χ0v) is 11.2. The topological polar surface area (TPSA) is 30.9 Å². The molecule has 3 aromatic rings. The van der Waals surface area contributed by atoms with E-state index >= 15 is 0 Å². The Morgan fingerprint density at radius 2 is 1.75 bits per heavy atom. The van der Waals surface area contributed by atoms with E-state index in [2.05, 4.69) is 22.8 Å². The molecule has 0 aliphatic heterocycles. The van der Waals surface area contributed by atoms with E-state index in [1.165, 1.54) is 17.0 Å². The third-order valence-electron chi connectivity index (χ3n) is 3.62. The monoisotopic (exact) mass is 268 g/mol. The summed E-state index contributed by atoms with van der Waals surface area (Å²) >= 11 is 0. The van der Waals surface area contributed by atoms with Crippen LogP contribution in [-0.2, 0) is 13.0 Å². The van der Waals surface area contributed by atoms with Gasteiger partial charge in [0.25, 0.3) is 0 Å². The zero-order valence-electron chi connectivity index (χ0n) is 11.2. The van der Waals surface area contributed by atoms with Crippen molar-refractivity contribution < 1.29 is 4.39 Å². The first-order valence-electron chi connectivity index (χ1n) is 6.80. The Morgan fingerprint density at radius 3 is 2.55 bits per heavy atom. The highest BCUT2D eigenvalue weighted by Crippen LogP contribution is 2.22. The molecule has 0 amide bonds. The Kier molecular flexibility index (Phi) is 3.52. The normalized spacial score (nSPS) is 11.1. The number of aromatic nitrogens is 1. The molecule has 0 spiro atoms. The predicted octanol–water partition coefficient (Wildman–Crippen LogP) is 3.33. The highest BCUT2D eigenvalue weighted by Gasteiger charge is 2.07. The Morgan fingerprint density at radius 1 is 0.950 bits per heavy atom. The summed E-state index contributed by atoms with van der Waals surface area (Å²) in [6.45, 7) is 1.18. The molecule has 20 heavy (non-hydrogen) atoms. The Bertz CT molecular complexity index is 731. The Balaban J connectivity index is 2.01. The molecule has 3 rings (SSSR count). The smallest absolute Gasteiger partial charge is 0.128 e. The van der Waals surface area contributed by atoms with Gasteiger partial charge in [0.1, 0.15) is 5.82 Å². The summed E-state index contributed by atoms with van der Waals surface area (Å²) in [7, 11) is 0. The molecule has 0 atom stereocenters. The molecule has 2 nitrogen and oxygen atoms in total. The average molecular weight is 268 g/mol. The highest BCUT2D eigenvalue weighted by atomic mass is 19.1. The van der Waals surface area contributed by atoms with Gasteiger partial charge in [-0.3, -0.25) is 0 Å². The third kappa shape index (κ3) is 2.32. The van der Waals surface area contributed by atoms with Gasteiger partial charge in [-0.25, -0.2) is 4.39 Å². The second-order valence-corrected chi connectivity index (χ2v) is 4.92. The Hall–Kier alpha value is -2.13. The lowest BCUT2D eigenvalue weighted by Gasteiger charge is -2.08. The van der Waals surface area contributed by atoms with E-state index in [0.29, 0.717) is 18.7 Å². The quantitative estimate of drug-likeness (QED) is 0.773. The molecule has 0 unspecified atom stereocenters. The number of benzene rings is 2. The minimum absolute atomic E-state index is 0.160. The molecule has 0 radical (unpaired) electrons. The SMILES string of the molecule is NCCc1cccc2c1ccn2Cc1ccccc1F. The van der Waals surface area contributed by atoms with Crippen LogP contribution < -0.4 is 5.73 Å². The number of nitrogens with two attached hydrogens (primary N) is 1. The van der Waals surface area contributed by atoms with Crippen LogP contribution in [0.1, 0.15) is 11.1 Å². The summed E-state index contributed by atoms with van der Waals surface area (Å²) < 4.78 is 15.8. The van der Waals surface area contributed by atoms with Crippen molar-refractivity contribution in [2.45, 2.75) is 13.0 Å². The van der Waals surface area contributed by atoms with Gasteiger partial charge in [0.2, 0.25) is 0 Å². The first kappa shape index (κ1) is 12.9. The van der Waals surface area contributed by atoms with Crippen molar-refractivity contribution in [1.82, 2.24) is 4.57 Å². The Labute approximate surface area is 117 Å². The molecule has 0 bridgehead atoms. The minimum atomic E-state index is -0.160. The van der Waals surface area contributed by atoms with E-state index in [1.54, 1.807) is 6.07 Å². The summed E-state index contributed by atoms with van der Waals surface area (Å²) in [4.78, 5) is 0. The molecular formula is C17H17FN2. The van der Waals surface area contributed by atoms with Crippen molar-refractivity contribution in [3.63, 3.8) is 0 Å². The molecule has 0 saturated carbocycles. The highest BCUT2D eigenvalue weighted by molar-refractivity contribution is 5.83. The molecule has 0 aliphatic rings. The molecule has 1 heterocycles. The maximum Gasteiger partial charge on any atom is 0.128 e. The van der Waals surface area contributed by atoms with Crippen LogP contribution in [0.2, 0.25) is 0 Å². The fourth-order valence-corrected chi connectivity index (χ4v) is 2.61. The van der Waals surface area contributed by atoms with Gasteiger partial charge < -0.3 is 10.3 Å². The maximum atomic E-state index is 13.8. The van der Waals surface area contributed by atoms with Gasteiger partial charge >= 0.3 is 0 Å². The van der Waals surface area contributed by atoms with Crippen LogP contribution in [-0.4, -0.2) is 11.1 Å². The van der Waals surface area contributed by atoms with E-state index in [9.17, 15) is 4.39 Å². The van der Waals surface area contributed by atoms with Gasteiger partial charge in [-0.15, -0.1) is 0 Å². The van der Waals surface area contributed by atoms with Crippen molar-refractivity contribution in [2.24, 2.45) is 5.73 Å². The first-order chi connectivity index (χ1) is 9.79. The van der Waals surface area contributed by atoms with Crippen molar-refractivity contribution in [3.05, 3.63) is 71.7 Å². The van der Waals surface area contributed by atoms with E-state index in [0.717, 1.165) is 11.9 Å². The van der Waals surface area contributed by atoms with Gasteiger partial charge in [-0.05, 0) is 36.7 Å². The van der Waals surface area contributed by atoms with E-state index < -0.39 is 0 Å². The van der Waals surface area contributed by atoms with E-state index in [1.807, 2.05) is 24.4 Å². The van der Waals surface area contributed by atoms with Crippen molar-refractivity contribution >= 4 is 10.9 Å². The van der Waals surface area contributed by atoms with Crippen LogP contribution in [0.3, 0.4) is 0 Å². The number of fused-ring (bicyclic) bond motifs is 1. The molecule has 1 aromatic heterocycles. The average Bonchev–Trinajstić information content (AvgIpc) is 2.86. The zero-order chi connectivity index (χ0) is 13.9. The number of halogens is 1. The summed E-state index contributed by atoms with van der Waals surface area (Å²) in [5.74, 6) is -0.160. The lowest BCUT2D eigenvalue weighted by Crippen LogP contribution is -2.03. The molecule has 2 N–H and O–H groups in total. The van der Waals surface area contributed by atoms with Gasteiger partial charge in [-0.1, -0.05) is 30.3 Å². The molecule has 3 heteroatoms. The molecule has 2 aromatic carbocycles. The lowest BCUT2D eigenvalue weighted by atomic mass is 10.1. The minimum Gasteiger partial charge on any atom is -0.343 e. The van der Waals surface area contributed by atoms with Gasteiger partial charge in [0, 0.05) is 22.7 Å². The van der Waals surface area contributed by atoms with Crippen LogP contribution in [0.5, 0.6) is 0 Å². The number of nitrogens with zero attached hydrogens (tertiary/aromatic N) is 1. The fourth-order valence-electron chi connectivity index (χ4n) is 2.61. The van der Waals surface area contributed by atoms with E-state index in [4.69, 9.17) is 5.73 Å². The first-order valence-corrected chi connectivity index (χ1v) is 6.80. The second-order valence-electron chi connectivity index (χ2n) is 4.92. The standard InChI is InChI=1S/C17H17FN2/c18-16-6-2-1-4-14(16)12-20-11-9-15-13(8-10-19)5-3-7-17(15)20/h1-7,9,11H,8,10,12,19H2. The second kappa shape index (κ2) is 5.47. The van der Waals surface area contributed by atoms with Crippen LogP contribution in [0.25, 0.3) is 10.9 Å². The van der Waals surface area contributed by atoms with Crippen molar-refractivity contribution in [2.75, 3.05) is 6.54 Å². The van der Waals surface area contributed by atoms with Crippen molar-refractivity contribution in [3.8, 4) is 0 Å². The molecule has 0 fully saturated rings. The maximum absolute atomic E-state index is 13.8.